The summed E-state index contributed by atoms with van der Waals surface area (Å²) < 4.78 is 79.8. The van der Waals surface area contributed by atoms with E-state index in [2.05, 4.69) is 54.4 Å². The highest BCUT2D eigenvalue weighted by atomic mass is 32.7. The fourth-order valence-electron chi connectivity index (χ4n) is 5.57. The minimum absolute atomic E-state index is 0.0435. The molecule has 0 unspecified atom stereocenters. The molecule has 0 saturated carbocycles. The van der Waals surface area contributed by atoms with E-state index >= 15 is 4.39 Å². The van der Waals surface area contributed by atoms with E-state index in [0.717, 1.165) is 6.33 Å². The molecule has 3 aliphatic heterocycles. The molecule has 0 radical (unpaired) electrons. The summed E-state index contributed by atoms with van der Waals surface area (Å²) in [7, 11) is 0. The highest BCUT2D eigenvalue weighted by molar-refractivity contribution is 8.44. The van der Waals surface area contributed by atoms with Gasteiger partial charge in [0.1, 0.15) is 42.4 Å². The maximum Gasteiger partial charge on any atom is 0.386 e. The summed E-state index contributed by atoms with van der Waals surface area (Å²) in [5.41, 5.74) is 11.1. The van der Waals surface area contributed by atoms with Crippen LogP contribution in [0.1, 0.15) is 19.4 Å². The first-order valence-corrected chi connectivity index (χ1v) is 18.8. The van der Waals surface area contributed by atoms with Crippen LogP contribution < -0.4 is 17.0 Å². The summed E-state index contributed by atoms with van der Waals surface area (Å²) >= 11 is 8.12. The van der Waals surface area contributed by atoms with Crippen LogP contribution >= 0.6 is 38.1 Å². The average molecular weight is 723 g/mol. The van der Waals surface area contributed by atoms with Gasteiger partial charge in [0.2, 0.25) is 5.95 Å². The summed E-state index contributed by atoms with van der Waals surface area (Å²) in [6, 6.07) is 0. The van der Waals surface area contributed by atoms with Crippen LogP contribution in [0.2, 0.25) is 0 Å². The number of hydrogen-bond donors (Lipinski definition) is 6. The third-order valence-corrected chi connectivity index (χ3v) is 10.9. The first-order chi connectivity index (χ1) is 21.7. The van der Waals surface area contributed by atoms with Gasteiger partial charge >= 0.3 is 13.6 Å². The second-order valence-corrected chi connectivity index (χ2v) is 16.2. The molecule has 6 N–H and O–H groups in total. The minimum Gasteiger partial charge on any atom is -0.386 e. The van der Waals surface area contributed by atoms with Crippen molar-refractivity contribution in [2.75, 3.05) is 18.1 Å². The SMILES string of the molecule is C[C@H]1O[P@](=O)(S)O[C@H]2[C@@H](F)[C@H](n3cnc4c(N)ncnc43)O[C@@H]2CO[P@@](=O)(S)O[C@H]2[C@@H](O)[C@H](n3cnc4c(=O)[nH]c(N)nc43)O[C@@H]21. The van der Waals surface area contributed by atoms with Crippen LogP contribution in [0, 0.1) is 0 Å². The second kappa shape index (κ2) is 11.5. The lowest BCUT2D eigenvalue weighted by Crippen LogP contribution is -2.41. The number of halogens is 1. The monoisotopic (exact) mass is 722 g/mol. The van der Waals surface area contributed by atoms with E-state index in [1.807, 2.05) is 0 Å². The van der Waals surface area contributed by atoms with Crippen LogP contribution in [0.4, 0.5) is 16.2 Å². The van der Waals surface area contributed by atoms with Gasteiger partial charge in [-0.1, -0.05) is 24.5 Å². The minimum atomic E-state index is -4.44. The molecular formula is C21H25FN10O10P2S2. The molecular weight excluding hydrogens is 697 g/mol. The van der Waals surface area contributed by atoms with Crippen molar-refractivity contribution in [3.05, 3.63) is 29.3 Å². The topological polar surface area (TPSA) is 269 Å². The van der Waals surface area contributed by atoms with Gasteiger partial charge in [-0.05, 0) is 6.92 Å². The van der Waals surface area contributed by atoms with Crippen molar-refractivity contribution in [1.29, 1.82) is 0 Å². The van der Waals surface area contributed by atoms with Crippen molar-refractivity contribution in [2.24, 2.45) is 0 Å². The molecule has 4 aromatic rings. The Balaban J connectivity index is 1.20. The first-order valence-electron chi connectivity index (χ1n) is 13.4. The average Bonchev–Trinajstić information content (AvgIpc) is 3.73. The summed E-state index contributed by atoms with van der Waals surface area (Å²) in [6.07, 6.45) is -10.0. The van der Waals surface area contributed by atoms with Crippen molar-refractivity contribution in [1.82, 2.24) is 39.0 Å². The van der Waals surface area contributed by atoms with Crippen LogP contribution in [0.3, 0.4) is 0 Å². The Kier molecular flexibility index (Phi) is 7.96. The quantitative estimate of drug-likeness (QED) is 0.124. The van der Waals surface area contributed by atoms with E-state index in [1.54, 1.807) is 0 Å². The van der Waals surface area contributed by atoms with E-state index < -0.39 is 81.0 Å². The Hall–Kier alpha value is -2.69. The highest BCUT2D eigenvalue weighted by Crippen LogP contribution is 2.61. The number of nitrogen functional groups attached to an aromatic ring is 2. The third-order valence-electron chi connectivity index (χ3n) is 7.58. The smallest absolute Gasteiger partial charge is 0.386 e. The first kappa shape index (κ1) is 31.9. The summed E-state index contributed by atoms with van der Waals surface area (Å²) in [5.74, 6) is -0.182. The van der Waals surface area contributed by atoms with E-state index in [0.29, 0.717) is 0 Å². The molecule has 20 nitrogen and oxygen atoms in total. The molecule has 0 aliphatic carbocycles. The maximum atomic E-state index is 16.1. The standard InChI is InChI=1S/C21H25FN10O10P2S2/c1-6-12-14(11(33)20(39-12)32-5-28-10-17(32)29-21(24)30-18(10)34)42-43(35,45)37-2-7-13(41-44(36,46)40-6)8(22)19(38-7)31-4-27-9-15(23)25-3-26-16(9)31/h3-8,11-14,19-20,33H,2H2,1H3,(H,35,45)(H,36,46)(H2,23,25,26)(H3,24,29,30,34)/t6-,7-,8-,11-,12-,13-,14+,19-,20-,43-,44+/m1/s1. The van der Waals surface area contributed by atoms with Crippen molar-refractivity contribution >= 4 is 72.2 Å². The van der Waals surface area contributed by atoms with E-state index in [1.165, 1.54) is 28.7 Å². The Morgan fingerprint density at radius 2 is 1.65 bits per heavy atom. The summed E-state index contributed by atoms with van der Waals surface area (Å²) in [5, 5.41) is 11.3. The molecule has 4 aromatic heterocycles. The Morgan fingerprint density at radius 1 is 0.957 bits per heavy atom. The molecule has 248 valence electrons. The van der Waals surface area contributed by atoms with E-state index in [-0.39, 0.29) is 34.1 Å². The third kappa shape index (κ3) is 5.52. The number of aliphatic hydroxyl groups excluding tert-OH is 1. The molecule has 25 heteroatoms. The number of aromatic amines is 1. The number of ether oxygens (including phenoxy) is 2. The molecule has 3 aliphatic rings. The van der Waals surface area contributed by atoms with Crippen molar-refractivity contribution in [2.45, 2.75) is 62.2 Å². The zero-order chi connectivity index (χ0) is 32.7. The molecule has 3 fully saturated rings. The summed E-state index contributed by atoms with van der Waals surface area (Å²) in [6.45, 7) is -8.10. The zero-order valence-electron chi connectivity index (χ0n) is 23.2. The maximum absolute atomic E-state index is 16.1. The van der Waals surface area contributed by atoms with Gasteiger partial charge in [0.05, 0.1) is 25.4 Å². The fourth-order valence-corrected chi connectivity index (χ4v) is 8.97. The van der Waals surface area contributed by atoms with E-state index in [4.69, 9.17) is 39.0 Å². The number of aromatic nitrogens is 8. The number of anilines is 2. The van der Waals surface area contributed by atoms with Gasteiger partial charge < -0.3 is 26.0 Å². The van der Waals surface area contributed by atoms with Gasteiger partial charge in [-0.2, -0.15) is 4.98 Å². The number of hydrogen-bond acceptors (Lipinski definition) is 17. The lowest BCUT2D eigenvalue weighted by atomic mass is 10.1. The van der Waals surface area contributed by atoms with Gasteiger partial charge in [-0.3, -0.25) is 37.0 Å². The van der Waals surface area contributed by atoms with Crippen LogP contribution in [0.5, 0.6) is 0 Å². The van der Waals surface area contributed by atoms with Crippen LogP contribution in [0.15, 0.2) is 23.8 Å². The van der Waals surface area contributed by atoms with Crippen LogP contribution in [-0.4, -0.2) is 93.5 Å². The Bertz CT molecular complexity index is 1980. The van der Waals surface area contributed by atoms with Gasteiger partial charge in [0.15, 0.2) is 41.3 Å². The van der Waals surface area contributed by atoms with Gasteiger partial charge in [0, 0.05) is 0 Å². The lowest BCUT2D eigenvalue weighted by Gasteiger charge is -2.31. The molecule has 7 heterocycles. The number of nitrogens with two attached hydrogens (primary N) is 2. The van der Waals surface area contributed by atoms with E-state index in [9.17, 15) is 19.0 Å². The van der Waals surface area contributed by atoms with Gasteiger partial charge in [-0.15, -0.1) is 0 Å². The molecule has 11 atom stereocenters. The predicted octanol–water partition coefficient (Wildman–Crippen LogP) is 0.899. The molecule has 7 rings (SSSR count). The van der Waals surface area contributed by atoms with Crippen LogP contribution in [0.25, 0.3) is 22.3 Å². The number of fused-ring (bicyclic) bond motifs is 4. The molecule has 46 heavy (non-hydrogen) atoms. The lowest BCUT2D eigenvalue weighted by molar-refractivity contribution is -0.0769. The molecule has 0 aromatic carbocycles. The molecule has 0 amide bonds. The number of nitrogens with one attached hydrogen (secondary N) is 1. The number of aliphatic hydroxyl groups is 1. The molecule has 0 spiro atoms. The largest absolute Gasteiger partial charge is 0.386 e. The number of thiol groups is 2. The van der Waals surface area contributed by atoms with Gasteiger partial charge in [0.25, 0.3) is 5.56 Å². The molecule has 0 bridgehead atoms. The zero-order valence-corrected chi connectivity index (χ0v) is 26.8. The highest BCUT2D eigenvalue weighted by Gasteiger charge is 2.55. The number of H-pyrrole nitrogens is 1. The number of alkyl halides is 1. The number of nitrogens with zero attached hydrogens (tertiary/aromatic N) is 7. The van der Waals surface area contributed by atoms with Crippen molar-refractivity contribution in [3.8, 4) is 0 Å². The second-order valence-electron chi connectivity index (χ2n) is 10.5. The van der Waals surface area contributed by atoms with Crippen molar-refractivity contribution < 1.29 is 46.2 Å². The molecule has 3 saturated heterocycles. The number of rotatable bonds is 2. The summed E-state index contributed by atoms with van der Waals surface area (Å²) in [4.78, 5) is 34.7. The predicted molar refractivity (Wildman–Crippen MR) is 160 cm³/mol. The fraction of sp³-hybridized carbons (Fsp3) is 0.524. The normalized spacial score (nSPS) is 38.8. The van der Waals surface area contributed by atoms with Crippen LogP contribution in [-0.2, 0) is 36.7 Å². The Labute approximate surface area is 266 Å². The number of imidazole rings is 2. The Morgan fingerprint density at radius 3 is 2.41 bits per heavy atom. The van der Waals surface area contributed by atoms with Crippen molar-refractivity contribution in [3.63, 3.8) is 0 Å². The van der Waals surface area contributed by atoms with Gasteiger partial charge in [-0.25, -0.2) is 33.5 Å².